The molecule has 0 spiro atoms. The van der Waals surface area contributed by atoms with Crippen LogP contribution < -0.4 is 11.1 Å². The molecule has 0 aromatic heterocycles. The van der Waals surface area contributed by atoms with Crippen molar-refractivity contribution in [3.63, 3.8) is 0 Å². The van der Waals surface area contributed by atoms with Gasteiger partial charge in [-0.15, -0.1) is 0 Å². The molecule has 4 nitrogen and oxygen atoms in total. The molecule has 1 atom stereocenters. The Morgan fingerprint density at radius 1 is 1.80 bits per heavy atom. The van der Waals surface area contributed by atoms with Gasteiger partial charge in [0.15, 0.2) is 0 Å². The molecule has 0 fully saturated rings. The van der Waals surface area contributed by atoms with Gasteiger partial charge in [0.25, 0.3) is 0 Å². The molecular weight excluding hydrogens is 132 g/mol. The highest BCUT2D eigenvalue weighted by atomic mass is 16.3. The van der Waals surface area contributed by atoms with E-state index in [0.717, 1.165) is 6.42 Å². The van der Waals surface area contributed by atoms with Crippen LogP contribution in [0, 0.1) is 0 Å². The maximum Gasteiger partial charge on any atom is 0.248 e. The summed E-state index contributed by atoms with van der Waals surface area (Å²) in [5.74, 6) is -0.339. The lowest BCUT2D eigenvalue weighted by atomic mass is 10.3. The number of carbonyl (C=O) groups excluding carboxylic acids is 1. The Labute approximate surface area is 60.4 Å². The summed E-state index contributed by atoms with van der Waals surface area (Å²) in [7, 11) is 0. The standard InChI is InChI=1S/C6H14N2O2/c1-5(9)6(10)8-4-2-3-7/h5,9H,2-4,7H2,1H3,(H,8,10)/t5-/m0/s1. The van der Waals surface area contributed by atoms with E-state index >= 15 is 0 Å². The molecule has 0 aromatic carbocycles. The van der Waals surface area contributed by atoms with Crippen molar-refractivity contribution >= 4 is 5.91 Å². The molecule has 0 bridgehead atoms. The molecule has 0 aliphatic carbocycles. The van der Waals surface area contributed by atoms with Crippen LogP contribution in [0.4, 0.5) is 0 Å². The Kier molecular flexibility index (Phi) is 4.88. The van der Waals surface area contributed by atoms with Crippen molar-refractivity contribution in [3.8, 4) is 0 Å². The van der Waals surface area contributed by atoms with Crippen LogP contribution in [0.3, 0.4) is 0 Å². The molecule has 1 amide bonds. The average Bonchev–Trinajstić information content (AvgIpc) is 1.88. The van der Waals surface area contributed by atoms with Crippen LogP contribution in [-0.2, 0) is 4.79 Å². The third-order valence-electron chi connectivity index (χ3n) is 1.06. The molecule has 0 saturated heterocycles. The van der Waals surface area contributed by atoms with Gasteiger partial charge in [-0.05, 0) is 19.9 Å². The molecular formula is C6H14N2O2. The Bertz CT molecular complexity index is 104. The van der Waals surface area contributed by atoms with E-state index in [2.05, 4.69) is 5.32 Å². The van der Waals surface area contributed by atoms with E-state index in [-0.39, 0.29) is 5.91 Å². The summed E-state index contributed by atoms with van der Waals surface area (Å²) in [5, 5.41) is 11.2. The maximum absolute atomic E-state index is 10.6. The van der Waals surface area contributed by atoms with Crippen LogP contribution in [0.1, 0.15) is 13.3 Å². The predicted octanol–water partition coefficient (Wildman–Crippen LogP) is -1.17. The Morgan fingerprint density at radius 2 is 2.40 bits per heavy atom. The number of aliphatic hydroxyl groups excluding tert-OH is 1. The minimum absolute atomic E-state index is 0.339. The summed E-state index contributed by atoms with van der Waals surface area (Å²) in [6, 6.07) is 0. The van der Waals surface area contributed by atoms with E-state index in [9.17, 15) is 4.79 Å². The van der Waals surface area contributed by atoms with Gasteiger partial charge in [0.05, 0.1) is 0 Å². The zero-order valence-corrected chi connectivity index (χ0v) is 6.13. The van der Waals surface area contributed by atoms with Gasteiger partial charge in [-0.3, -0.25) is 4.79 Å². The molecule has 0 rings (SSSR count). The molecule has 10 heavy (non-hydrogen) atoms. The lowest BCUT2D eigenvalue weighted by Crippen LogP contribution is -2.33. The molecule has 0 heterocycles. The highest BCUT2D eigenvalue weighted by molar-refractivity contribution is 5.79. The van der Waals surface area contributed by atoms with Crippen molar-refractivity contribution in [3.05, 3.63) is 0 Å². The number of aliphatic hydroxyl groups is 1. The number of nitrogens with one attached hydrogen (secondary N) is 1. The van der Waals surface area contributed by atoms with Gasteiger partial charge in [0, 0.05) is 6.54 Å². The van der Waals surface area contributed by atoms with Gasteiger partial charge in [-0.25, -0.2) is 0 Å². The first kappa shape index (κ1) is 9.39. The van der Waals surface area contributed by atoms with Gasteiger partial charge < -0.3 is 16.2 Å². The van der Waals surface area contributed by atoms with Crippen molar-refractivity contribution in [1.29, 1.82) is 0 Å². The van der Waals surface area contributed by atoms with Crippen LogP contribution >= 0.6 is 0 Å². The van der Waals surface area contributed by atoms with Crippen LogP contribution in [0.25, 0.3) is 0 Å². The fourth-order valence-electron chi connectivity index (χ4n) is 0.461. The normalized spacial score (nSPS) is 12.7. The monoisotopic (exact) mass is 146 g/mol. The molecule has 0 aromatic rings. The van der Waals surface area contributed by atoms with Gasteiger partial charge in [-0.2, -0.15) is 0 Å². The maximum atomic E-state index is 10.6. The molecule has 0 radical (unpaired) electrons. The van der Waals surface area contributed by atoms with E-state index in [0.29, 0.717) is 13.1 Å². The Morgan fingerprint density at radius 3 is 2.80 bits per heavy atom. The number of carbonyl (C=O) groups is 1. The van der Waals surface area contributed by atoms with E-state index in [1.165, 1.54) is 6.92 Å². The molecule has 60 valence electrons. The summed E-state index contributed by atoms with van der Waals surface area (Å²) in [4.78, 5) is 10.6. The summed E-state index contributed by atoms with van der Waals surface area (Å²) in [6.07, 6.45) is -0.170. The van der Waals surface area contributed by atoms with Crippen molar-refractivity contribution < 1.29 is 9.90 Å². The van der Waals surface area contributed by atoms with Crippen molar-refractivity contribution in [2.24, 2.45) is 5.73 Å². The second-order valence-corrected chi connectivity index (χ2v) is 2.11. The lowest BCUT2D eigenvalue weighted by Gasteiger charge is -2.04. The quantitative estimate of drug-likeness (QED) is 0.437. The SMILES string of the molecule is C[C@H](O)C(=O)NCCCN. The van der Waals surface area contributed by atoms with Crippen LogP contribution in [0.15, 0.2) is 0 Å². The number of nitrogens with two attached hydrogens (primary N) is 1. The fourth-order valence-corrected chi connectivity index (χ4v) is 0.461. The van der Waals surface area contributed by atoms with E-state index < -0.39 is 6.10 Å². The first-order valence-corrected chi connectivity index (χ1v) is 3.34. The minimum Gasteiger partial charge on any atom is -0.384 e. The predicted molar refractivity (Wildman–Crippen MR) is 38.4 cm³/mol. The summed E-state index contributed by atoms with van der Waals surface area (Å²) >= 11 is 0. The smallest absolute Gasteiger partial charge is 0.248 e. The van der Waals surface area contributed by atoms with Crippen LogP contribution in [0.5, 0.6) is 0 Å². The second-order valence-electron chi connectivity index (χ2n) is 2.11. The zero-order chi connectivity index (χ0) is 7.98. The van der Waals surface area contributed by atoms with Crippen molar-refractivity contribution in [2.45, 2.75) is 19.4 Å². The highest BCUT2D eigenvalue weighted by Gasteiger charge is 2.05. The summed E-state index contributed by atoms with van der Waals surface area (Å²) < 4.78 is 0. The van der Waals surface area contributed by atoms with E-state index in [1.807, 2.05) is 0 Å². The molecule has 0 saturated carbocycles. The first-order chi connectivity index (χ1) is 4.68. The molecule has 4 N–H and O–H groups in total. The van der Waals surface area contributed by atoms with Gasteiger partial charge >= 0.3 is 0 Å². The minimum atomic E-state index is -0.919. The highest BCUT2D eigenvalue weighted by Crippen LogP contribution is 1.78. The lowest BCUT2D eigenvalue weighted by molar-refractivity contribution is -0.128. The van der Waals surface area contributed by atoms with Crippen LogP contribution in [-0.4, -0.2) is 30.2 Å². The zero-order valence-electron chi connectivity index (χ0n) is 6.13. The van der Waals surface area contributed by atoms with E-state index in [1.54, 1.807) is 0 Å². The van der Waals surface area contributed by atoms with Crippen LogP contribution in [0.2, 0.25) is 0 Å². The number of rotatable bonds is 4. The Hall–Kier alpha value is -0.610. The topological polar surface area (TPSA) is 75.3 Å². The van der Waals surface area contributed by atoms with Gasteiger partial charge in [0.2, 0.25) is 5.91 Å². The average molecular weight is 146 g/mol. The van der Waals surface area contributed by atoms with E-state index in [4.69, 9.17) is 10.8 Å². The number of hydrogen-bond acceptors (Lipinski definition) is 3. The number of hydrogen-bond donors (Lipinski definition) is 3. The summed E-state index contributed by atoms with van der Waals surface area (Å²) in [6.45, 7) is 2.53. The molecule has 0 aliphatic heterocycles. The third-order valence-corrected chi connectivity index (χ3v) is 1.06. The number of amides is 1. The van der Waals surface area contributed by atoms with Crippen molar-refractivity contribution in [2.75, 3.05) is 13.1 Å². The van der Waals surface area contributed by atoms with Gasteiger partial charge in [-0.1, -0.05) is 0 Å². The first-order valence-electron chi connectivity index (χ1n) is 3.34. The molecule has 0 unspecified atom stereocenters. The molecule has 4 heteroatoms. The van der Waals surface area contributed by atoms with Gasteiger partial charge in [0.1, 0.15) is 6.10 Å². The fraction of sp³-hybridized carbons (Fsp3) is 0.833. The largest absolute Gasteiger partial charge is 0.384 e. The molecule has 0 aliphatic rings. The van der Waals surface area contributed by atoms with Crippen molar-refractivity contribution in [1.82, 2.24) is 5.32 Å². The third kappa shape index (κ3) is 4.29. The second kappa shape index (κ2) is 5.20. The Balaban J connectivity index is 3.22. The summed E-state index contributed by atoms with van der Waals surface area (Å²) in [5.41, 5.74) is 5.18.